The van der Waals surface area contributed by atoms with Crippen LogP contribution in [0.15, 0.2) is 6.33 Å². The Bertz CT molecular complexity index is 492. The van der Waals surface area contributed by atoms with Gasteiger partial charge in [-0.1, -0.05) is 0 Å². The highest BCUT2D eigenvalue weighted by molar-refractivity contribution is 5.69. The van der Waals surface area contributed by atoms with Crippen molar-refractivity contribution in [3.63, 3.8) is 0 Å². The maximum absolute atomic E-state index is 11.2. The van der Waals surface area contributed by atoms with Gasteiger partial charge in [0, 0.05) is 13.1 Å². The van der Waals surface area contributed by atoms with Crippen molar-refractivity contribution < 1.29 is 14.8 Å². The molecule has 0 bridgehead atoms. The van der Waals surface area contributed by atoms with E-state index in [0.717, 1.165) is 0 Å². The second-order valence-electron chi connectivity index (χ2n) is 4.58. The van der Waals surface area contributed by atoms with Crippen LogP contribution in [0.25, 0.3) is 0 Å². The van der Waals surface area contributed by atoms with E-state index >= 15 is 0 Å². The van der Waals surface area contributed by atoms with Crippen molar-refractivity contribution in [3.8, 4) is 0 Å². The van der Waals surface area contributed by atoms with Crippen molar-refractivity contribution in [1.82, 2.24) is 9.97 Å². The predicted octanol–water partition coefficient (Wildman–Crippen LogP) is -0.352. The van der Waals surface area contributed by atoms with Gasteiger partial charge in [0.05, 0.1) is 24.2 Å². The third kappa shape index (κ3) is 3.54. The molecule has 2 heterocycles. The zero-order valence-electron chi connectivity index (χ0n) is 11.4. The van der Waals surface area contributed by atoms with E-state index in [2.05, 4.69) is 15.4 Å². The van der Waals surface area contributed by atoms with Gasteiger partial charge < -0.3 is 20.2 Å². The Morgan fingerprint density at radius 3 is 2.81 bits per heavy atom. The summed E-state index contributed by atoms with van der Waals surface area (Å²) in [7, 11) is 0. The Kier molecular flexibility index (Phi) is 5.20. The smallest absolute Gasteiger partial charge is 0.354 e. The number of nitro groups is 1. The molecule has 10 nitrogen and oxygen atoms in total. The normalized spacial score (nSPS) is 16.0. The monoisotopic (exact) mass is 298 g/mol. The van der Waals surface area contributed by atoms with Gasteiger partial charge in [-0.25, -0.2) is 15.8 Å². The number of nitrogen functional groups attached to an aromatic ring is 1. The van der Waals surface area contributed by atoms with Crippen molar-refractivity contribution in [2.75, 3.05) is 36.6 Å². The number of hydrogen-bond acceptors (Lipinski definition) is 9. The number of hydrogen-bond donors (Lipinski definition) is 3. The summed E-state index contributed by atoms with van der Waals surface area (Å²) in [6.07, 6.45) is 2.73. The van der Waals surface area contributed by atoms with E-state index in [1.165, 1.54) is 6.33 Å². The molecular weight excluding hydrogens is 280 g/mol. The van der Waals surface area contributed by atoms with Crippen LogP contribution in [0.3, 0.4) is 0 Å². The van der Waals surface area contributed by atoms with Crippen molar-refractivity contribution in [2.45, 2.75) is 18.9 Å². The predicted molar refractivity (Wildman–Crippen MR) is 74.8 cm³/mol. The van der Waals surface area contributed by atoms with Gasteiger partial charge in [-0.3, -0.25) is 10.1 Å². The van der Waals surface area contributed by atoms with Crippen LogP contribution in [0.5, 0.6) is 0 Å². The van der Waals surface area contributed by atoms with E-state index in [4.69, 9.17) is 15.7 Å². The Hall–Kier alpha value is -2.04. The van der Waals surface area contributed by atoms with Gasteiger partial charge in [0.25, 0.3) is 0 Å². The minimum absolute atomic E-state index is 0.0105. The van der Waals surface area contributed by atoms with Crippen molar-refractivity contribution in [1.29, 1.82) is 0 Å². The van der Waals surface area contributed by atoms with Gasteiger partial charge in [-0.15, -0.1) is 0 Å². The highest BCUT2D eigenvalue weighted by atomic mass is 16.6. The van der Waals surface area contributed by atoms with Crippen molar-refractivity contribution in [2.24, 2.45) is 5.84 Å². The third-order valence-corrected chi connectivity index (χ3v) is 3.31. The van der Waals surface area contributed by atoms with Crippen LogP contribution in [-0.2, 0) is 4.74 Å². The number of aliphatic hydroxyl groups excluding tert-OH is 1. The first-order valence-electron chi connectivity index (χ1n) is 6.60. The van der Waals surface area contributed by atoms with Crippen LogP contribution in [-0.4, -0.2) is 52.4 Å². The second kappa shape index (κ2) is 7.11. The minimum atomic E-state index is -0.543. The molecule has 0 spiro atoms. The molecule has 116 valence electrons. The average molecular weight is 298 g/mol. The van der Waals surface area contributed by atoms with E-state index in [1.54, 1.807) is 0 Å². The molecule has 2 rings (SSSR count). The summed E-state index contributed by atoms with van der Waals surface area (Å²) in [6.45, 7) is 1.46. The lowest BCUT2D eigenvalue weighted by Crippen LogP contribution is -2.38. The summed E-state index contributed by atoms with van der Waals surface area (Å²) >= 11 is 0. The number of rotatable bonds is 6. The van der Waals surface area contributed by atoms with Gasteiger partial charge in [0.1, 0.15) is 6.33 Å². The molecule has 1 aliphatic heterocycles. The van der Waals surface area contributed by atoms with Crippen molar-refractivity contribution >= 4 is 17.3 Å². The molecule has 0 unspecified atom stereocenters. The van der Waals surface area contributed by atoms with E-state index < -0.39 is 4.92 Å². The lowest BCUT2D eigenvalue weighted by molar-refractivity contribution is -0.383. The van der Waals surface area contributed by atoms with E-state index in [9.17, 15) is 10.1 Å². The number of ether oxygens (including phenoxy) is 1. The molecule has 0 amide bonds. The minimum Gasteiger partial charge on any atom is -0.394 e. The largest absolute Gasteiger partial charge is 0.394 e. The molecule has 0 atom stereocenters. The van der Waals surface area contributed by atoms with Crippen LogP contribution in [0, 0.1) is 10.1 Å². The van der Waals surface area contributed by atoms with Crippen LogP contribution in [0.1, 0.15) is 12.8 Å². The first-order valence-corrected chi connectivity index (χ1v) is 6.60. The number of aromatic nitrogens is 2. The molecule has 0 saturated carbocycles. The Morgan fingerprint density at radius 2 is 2.24 bits per heavy atom. The Labute approximate surface area is 121 Å². The average Bonchev–Trinajstić information content (AvgIpc) is 2.52. The zero-order chi connectivity index (χ0) is 15.2. The Morgan fingerprint density at radius 1 is 1.52 bits per heavy atom. The molecule has 1 aromatic rings. The first-order chi connectivity index (χ1) is 10.2. The highest BCUT2D eigenvalue weighted by Crippen LogP contribution is 2.32. The number of piperidine rings is 1. The lowest BCUT2D eigenvalue weighted by atomic mass is 10.1. The van der Waals surface area contributed by atoms with Crippen LogP contribution in [0.2, 0.25) is 0 Å². The van der Waals surface area contributed by atoms with E-state index in [0.29, 0.717) is 32.5 Å². The molecular formula is C11H18N6O4. The van der Waals surface area contributed by atoms with Gasteiger partial charge in [-0.05, 0) is 12.8 Å². The molecule has 1 aromatic heterocycles. The number of nitrogens with two attached hydrogens (primary N) is 1. The van der Waals surface area contributed by atoms with Crippen LogP contribution < -0.4 is 16.2 Å². The highest BCUT2D eigenvalue weighted by Gasteiger charge is 2.29. The Balaban J connectivity index is 2.11. The summed E-state index contributed by atoms with van der Waals surface area (Å²) < 4.78 is 5.46. The molecule has 1 fully saturated rings. The van der Waals surface area contributed by atoms with Crippen LogP contribution in [0.4, 0.5) is 17.3 Å². The first kappa shape index (κ1) is 15.4. The number of nitrogens with one attached hydrogen (secondary N) is 1. The number of anilines is 2. The molecule has 0 radical (unpaired) electrons. The molecule has 10 heteroatoms. The van der Waals surface area contributed by atoms with Gasteiger partial charge in [0.2, 0.25) is 11.6 Å². The fraction of sp³-hybridized carbons (Fsp3) is 0.636. The summed E-state index contributed by atoms with van der Waals surface area (Å²) in [6, 6.07) is 0. The fourth-order valence-corrected chi connectivity index (χ4v) is 2.33. The summed E-state index contributed by atoms with van der Waals surface area (Å²) in [5, 5.41) is 19.9. The number of nitrogens with zero attached hydrogens (tertiary/aromatic N) is 4. The van der Waals surface area contributed by atoms with Crippen molar-refractivity contribution in [3.05, 3.63) is 16.4 Å². The zero-order valence-corrected chi connectivity index (χ0v) is 11.4. The maximum Gasteiger partial charge on any atom is 0.354 e. The maximum atomic E-state index is 11.2. The second-order valence-corrected chi connectivity index (χ2v) is 4.58. The number of aliphatic hydroxyl groups is 1. The fourth-order valence-electron chi connectivity index (χ4n) is 2.33. The SMILES string of the molecule is NNc1ncnc(N2CCC(OCCO)CC2)c1[N+](=O)[O-]. The summed E-state index contributed by atoms with van der Waals surface area (Å²) in [5.74, 6) is 5.50. The molecule has 4 N–H and O–H groups in total. The molecule has 1 aliphatic rings. The van der Waals surface area contributed by atoms with Gasteiger partial charge >= 0.3 is 5.69 Å². The third-order valence-electron chi connectivity index (χ3n) is 3.31. The lowest BCUT2D eigenvalue weighted by Gasteiger charge is -2.32. The molecule has 0 aliphatic carbocycles. The standard InChI is InChI=1S/C11H18N6O4/c12-15-10-9(17(19)20)11(14-7-13-10)16-3-1-8(2-4-16)21-6-5-18/h7-8,18H,1-6,12H2,(H,13,14,15). The topological polar surface area (TPSA) is 140 Å². The van der Waals surface area contributed by atoms with Gasteiger partial charge in [0.15, 0.2) is 0 Å². The van der Waals surface area contributed by atoms with E-state index in [-0.39, 0.29) is 30.0 Å². The molecule has 1 saturated heterocycles. The van der Waals surface area contributed by atoms with Crippen LogP contribution >= 0.6 is 0 Å². The molecule has 21 heavy (non-hydrogen) atoms. The number of hydrazine groups is 1. The summed E-state index contributed by atoms with van der Waals surface area (Å²) in [4.78, 5) is 20.3. The molecule has 0 aromatic carbocycles. The quantitative estimate of drug-likeness (QED) is 0.365. The summed E-state index contributed by atoms with van der Waals surface area (Å²) in [5.41, 5.74) is 1.99. The van der Waals surface area contributed by atoms with E-state index in [1.807, 2.05) is 4.90 Å². The van der Waals surface area contributed by atoms with Gasteiger partial charge in [-0.2, -0.15) is 0 Å².